The molecule has 1 N–H and O–H groups in total. The zero-order valence-corrected chi connectivity index (χ0v) is 10.5. The van der Waals surface area contributed by atoms with Crippen LogP contribution in [0.3, 0.4) is 0 Å². The van der Waals surface area contributed by atoms with Crippen LogP contribution in [0.25, 0.3) is 0 Å². The molecule has 0 bridgehead atoms. The molecule has 0 aliphatic heterocycles. The van der Waals surface area contributed by atoms with E-state index < -0.39 is 0 Å². The lowest BCUT2D eigenvalue weighted by atomic mass is 9.67. The molecule has 0 heterocycles. The Labute approximate surface area is 94.8 Å². The smallest absolute Gasteiger partial charge is 0.0471 e. The average molecular weight is 213 g/mol. The molecule has 0 atom stereocenters. The van der Waals surface area contributed by atoms with Crippen LogP contribution in [0, 0.1) is 5.41 Å². The molecule has 0 aromatic carbocycles. The van der Waals surface area contributed by atoms with Crippen molar-refractivity contribution in [1.29, 1.82) is 0 Å². The molecule has 0 aromatic heterocycles. The lowest BCUT2D eigenvalue weighted by Gasteiger charge is -2.42. The maximum atomic E-state index is 5.59. The molecule has 0 spiro atoms. The number of ether oxygens (including phenoxy) is 1. The first-order valence-corrected chi connectivity index (χ1v) is 6.61. The Bertz CT molecular complexity index is 155. The summed E-state index contributed by atoms with van der Waals surface area (Å²) in [5.74, 6) is 0. The van der Waals surface area contributed by atoms with E-state index >= 15 is 0 Å². The zero-order chi connectivity index (χ0) is 11.0. The molecular formula is C13H27NO. The van der Waals surface area contributed by atoms with E-state index in [0.717, 1.165) is 26.2 Å². The highest BCUT2D eigenvalue weighted by atomic mass is 16.5. The maximum absolute atomic E-state index is 5.59. The highest BCUT2D eigenvalue weighted by Gasteiger charge is 2.35. The van der Waals surface area contributed by atoms with Gasteiger partial charge in [-0.05, 0) is 44.1 Å². The van der Waals surface area contributed by atoms with Gasteiger partial charge in [-0.25, -0.2) is 0 Å². The summed E-state index contributed by atoms with van der Waals surface area (Å²) in [5.41, 5.74) is 0.586. The van der Waals surface area contributed by atoms with Gasteiger partial charge >= 0.3 is 0 Å². The summed E-state index contributed by atoms with van der Waals surface area (Å²) in [6.45, 7) is 8.65. The summed E-state index contributed by atoms with van der Waals surface area (Å²) < 4.78 is 5.59. The fourth-order valence-corrected chi connectivity index (χ4v) is 2.26. The van der Waals surface area contributed by atoms with E-state index in [1.165, 1.54) is 38.6 Å². The van der Waals surface area contributed by atoms with Crippen molar-refractivity contribution in [3.8, 4) is 0 Å². The van der Waals surface area contributed by atoms with Crippen LogP contribution in [0.15, 0.2) is 0 Å². The van der Waals surface area contributed by atoms with E-state index in [-0.39, 0.29) is 0 Å². The summed E-state index contributed by atoms with van der Waals surface area (Å²) in [6.07, 6.45) is 7.85. The highest BCUT2D eigenvalue weighted by Crippen LogP contribution is 2.43. The third-order valence-electron chi connectivity index (χ3n) is 3.47. The second kappa shape index (κ2) is 7.24. The predicted octanol–water partition coefficient (Wildman–Crippen LogP) is 2.97. The van der Waals surface area contributed by atoms with Crippen LogP contribution in [0.5, 0.6) is 0 Å². The van der Waals surface area contributed by atoms with Crippen molar-refractivity contribution in [2.24, 2.45) is 5.41 Å². The van der Waals surface area contributed by atoms with Gasteiger partial charge in [0.1, 0.15) is 0 Å². The standard InChI is InChI=1S/C13H27NO/c1-3-9-14-12-13(6-5-7-13)8-11-15-10-4-2/h14H,3-12H2,1-2H3. The monoisotopic (exact) mass is 213 g/mol. The van der Waals surface area contributed by atoms with Gasteiger partial charge in [0, 0.05) is 19.8 Å². The average Bonchev–Trinajstić information content (AvgIpc) is 2.19. The first kappa shape index (κ1) is 13.0. The van der Waals surface area contributed by atoms with Crippen molar-refractivity contribution in [2.75, 3.05) is 26.3 Å². The summed E-state index contributed by atoms with van der Waals surface area (Å²) >= 11 is 0. The number of nitrogens with one attached hydrogen (secondary N) is 1. The van der Waals surface area contributed by atoms with Gasteiger partial charge in [-0.15, -0.1) is 0 Å². The Morgan fingerprint density at radius 3 is 2.47 bits per heavy atom. The maximum Gasteiger partial charge on any atom is 0.0471 e. The number of hydrogen-bond acceptors (Lipinski definition) is 2. The molecule has 0 saturated heterocycles. The van der Waals surface area contributed by atoms with E-state index in [1.54, 1.807) is 0 Å². The van der Waals surface area contributed by atoms with Gasteiger partial charge in [0.2, 0.25) is 0 Å². The Hall–Kier alpha value is -0.0800. The molecule has 0 amide bonds. The molecule has 1 aliphatic carbocycles. The molecule has 1 aliphatic rings. The van der Waals surface area contributed by atoms with Gasteiger partial charge in [-0.2, -0.15) is 0 Å². The minimum Gasteiger partial charge on any atom is -0.381 e. The van der Waals surface area contributed by atoms with Crippen molar-refractivity contribution in [1.82, 2.24) is 5.32 Å². The number of hydrogen-bond donors (Lipinski definition) is 1. The fourth-order valence-electron chi connectivity index (χ4n) is 2.26. The molecule has 1 saturated carbocycles. The van der Waals surface area contributed by atoms with Crippen LogP contribution in [0.4, 0.5) is 0 Å². The molecule has 0 unspecified atom stereocenters. The van der Waals surface area contributed by atoms with E-state index in [1.807, 2.05) is 0 Å². The zero-order valence-electron chi connectivity index (χ0n) is 10.5. The Kier molecular flexibility index (Phi) is 6.26. The third-order valence-corrected chi connectivity index (χ3v) is 3.47. The molecule has 15 heavy (non-hydrogen) atoms. The first-order chi connectivity index (χ1) is 7.33. The van der Waals surface area contributed by atoms with Crippen LogP contribution in [-0.2, 0) is 4.74 Å². The normalized spacial score (nSPS) is 18.8. The Morgan fingerprint density at radius 2 is 1.93 bits per heavy atom. The van der Waals surface area contributed by atoms with E-state index in [9.17, 15) is 0 Å². The Morgan fingerprint density at radius 1 is 1.13 bits per heavy atom. The number of rotatable bonds is 9. The predicted molar refractivity (Wildman–Crippen MR) is 65.2 cm³/mol. The summed E-state index contributed by atoms with van der Waals surface area (Å²) in [6, 6.07) is 0. The molecule has 90 valence electrons. The third kappa shape index (κ3) is 4.52. The van der Waals surface area contributed by atoms with Crippen LogP contribution >= 0.6 is 0 Å². The second-order valence-electron chi connectivity index (χ2n) is 4.89. The molecule has 1 rings (SSSR count). The second-order valence-corrected chi connectivity index (χ2v) is 4.89. The van der Waals surface area contributed by atoms with Gasteiger partial charge in [-0.1, -0.05) is 20.3 Å². The molecule has 0 aromatic rings. The summed E-state index contributed by atoms with van der Waals surface area (Å²) in [4.78, 5) is 0. The molecule has 2 heteroatoms. The van der Waals surface area contributed by atoms with Crippen molar-refractivity contribution in [2.45, 2.75) is 52.4 Å². The van der Waals surface area contributed by atoms with Gasteiger partial charge in [0.05, 0.1) is 0 Å². The van der Waals surface area contributed by atoms with Gasteiger partial charge < -0.3 is 10.1 Å². The van der Waals surface area contributed by atoms with Gasteiger partial charge in [0.25, 0.3) is 0 Å². The van der Waals surface area contributed by atoms with Crippen LogP contribution in [0.1, 0.15) is 52.4 Å². The first-order valence-electron chi connectivity index (χ1n) is 6.61. The van der Waals surface area contributed by atoms with Crippen molar-refractivity contribution >= 4 is 0 Å². The van der Waals surface area contributed by atoms with E-state index in [4.69, 9.17) is 4.74 Å². The molecule has 1 fully saturated rings. The summed E-state index contributed by atoms with van der Waals surface area (Å²) in [7, 11) is 0. The lowest BCUT2D eigenvalue weighted by Crippen LogP contribution is -2.41. The van der Waals surface area contributed by atoms with Gasteiger partial charge in [0.15, 0.2) is 0 Å². The molecular weight excluding hydrogens is 186 g/mol. The topological polar surface area (TPSA) is 21.3 Å². The molecule has 2 nitrogen and oxygen atoms in total. The van der Waals surface area contributed by atoms with Crippen LogP contribution in [0.2, 0.25) is 0 Å². The SMILES string of the molecule is CCCNCC1(CCOCCC)CCC1. The van der Waals surface area contributed by atoms with E-state index in [2.05, 4.69) is 19.2 Å². The van der Waals surface area contributed by atoms with Crippen molar-refractivity contribution in [3.05, 3.63) is 0 Å². The lowest BCUT2D eigenvalue weighted by molar-refractivity contribution is 0.0498. The molecule has 0 radical (unpaired) electrons. The summed E-state index contributed by atoms with van der Waals surface area (Å²) in [5, 5.41) is 3.56. The highest BCUT2D eigenvalue weighted by molar-refractivity contribution is 4.89. The van der Waals surface area contributed by atoms with Crippen molar-refractivity contribution in [3.63, 3.8) is 0 Å². The quantitative estimate of drug-likeness (QED) is 0.595. The Balaban J connectivity index is 2.09. The van der Waals surface area contributed by atoms with E-state index in [0.29, 0.717) is 5.41 Å². The van der Waals surface area contributed by atoms with Crippen LogP contribution < -0.4 is 5.32 Å². The largest absolute Gasteiger partial charge is 0.381 e. The van der Waals surface area contributed by atoms with Crippen LogP contribution in [-0.4, -0.2) is 26.3 Å². The minimum atomic E-state index is 0.586. The van der Waals surface area contributed by atoms with Gasteiger partial charge in [-0.3, -0.25) is 0 Å². The fraction of sp³-hybridized carbons (Fsp3) is 1.00. The minimum absolute atomic E-state index is 0.586. The van der Waals surface area contributed by atoms with Crippen molar-refractivity contribution < 1.29 is 4.74 Å².